The number of benzene rings is 1. The summed E-state index contributed by atoms with van der Waals surface area (Å²) in [6, 6.07) is 2.69. The molecule has 1 aliphatic carbocycles. The van der Waals surface area contributed by atoms with Gasteiger partial charge >= 0.3 is 0 Å². The van der Waals surface area contributed by atoms with Crippen LogP contribution >= 0.6 is 11.3 Å². The second kappa shape index (κ2) is 8.74. The van der Waals surface area contributed by atoms with Gasteiger partial charge in [0.15, 0.2) is 0 Å². The molecule has 0 unspecified atom stereocenters. The second-order valence-corrected chi connectivity index (χ2v) is 9.12. The molecule has 2 aromatic rings. The third kappa shape index (κ3) is 4.46. The minimum absolute atomic E-state index is 0.0829. The van der Waals surface area contributed by atoms with Crippen molar-refractivity contribution in [2.75, 3.05) is 18.4 Å². The summed E-state index contributed by atoms with van der Waals surface area (Å²) in [5.41, 5.74) is 6.84. The number of piperidine rings is 1. The van der Waals surface area contributed by atoms with Crippen molar-refractivity contribution in [1.82, 2.24) is 4.90 Å². The predicted octanol–water partition coefficient (Wildman–Crippen LogP) is 3.49. The van der Waals surface area contributed by atoms with Crippen LogP contribution in [0.25, 0.3) is 0 Å². The number of carbonyl (C=O) groups excluding carboxylic acids is 3. The summed E-state index contributed by atoms with van der Waals surface area (Å²) in [6.07, 6.45) is 4.83. The molecule has 6 nitrogen and oxygen atoms in total. The minimum atomic E-state index is -0.824. The Labute approximate surface area is 182 Å². The van der Waals surface area contributed by atoms with Gasteiger partial charge in [0.1, 0.15) is 16.6 Å². The van der Waals surface area contributed by atoms with E-state index in [1.165, 1.54) is 16.2 Å². The Bertz CT molecular complexity index is 1030. The van der Waals surface area contributed by atoms with Crippen molar-refractivity contribution in [3.63, 3.8) is 0 Å². The average molecular weight is 448 g/mol. The van der Waals surface area contributed by atoms with Crippen LogP contribution in [-0.4, -0.2) is 35.7 Å². The number of nitrogens with one attached hydrogen (secondary N) is 1. The number of likely N-dealkylation sites (tertiary alicyclic amines) is 1. The van der Waals surface area contributed by atoms with Crippen LogP contribution in [0.15, 0.2) is 18.2 Å². The molecule has 1 aliphatic heterocycles. The first-order valence-electron chi connectivity index (χ1n) is 10.3. The summed E-state index contributed by atoms with van der Waals surface area (Å²) in [5, 5.41) is 3.33. The van der Waals surface area contributed by atoms with Crippen molar-refractivity contribution in [3.05, 3.63) is 51.4 Å². The van der Waals surface area contributed by atoms with E-state index in [4.69, 9.17) is 5.73 Å². The minimum Gasteiger partial charge on any atom is -0.365 e. The number of nitrogens with zero attached hydrogens (tertiary/aromatic N) is 1. The first kappa shape index (κ1) is 21.4. The molecule has 1 aromatic heterocycles. The monoisotopic (exact) mass is 447 g/mol. The fourth-order valence-corrected chi connectivity index (χ4v) is 5.66. The van der Waals surface area contributed by atoms with Gasteiger partial charge in [-0.05, 0) is 56.2 Å². The summed E-state index contributed by atoms with van der Waals surface area (Å²) >= 11 is 1.39. The lowest BCUT2D eigenvalue weighted by molar-refractivity contribution is -0.121. The lowest BCUT2D eigenvalue weighted by Gasteiger charge is -2.32. The van der Waals surface area contributed by atoms with E-state index in [1.807, 2.05) is 0 Å². The highest BCUT2D eigenvalue weighted by molar-refractivity contribution is 7.17. The number of amides is 3. The Kier molecular flexibility index (Phi) is 6.04. The Balaban J connectivity index is 1.49. The van der Waals surface area contributed by atoms with Crippen LogP contribution < -0.4 is 11.1 Å². The molecule has 0 bridgehead atoms. The second-order valence-electron chi connectivity index (χ2n) is 8.02. The van der Waals surface area contributed by atoms with Gasteiger partial charge in [0.25, 0.3) is 11.8 Å². The molecule has 164 valence electrons. The zero-order valence-electron chi connectivity index (χ0n) is 16.9. The van der Waals surface area contributed by atoms with E-state index in [1.54, 1.807) is 0 Å². The molecule has 0 saturated carbocycles. The van der Waals surface area contributed by atoms with Crippen molar-refractivity contribution in [1.29, 1.82) is 0 Å². The van der Waals surface area contributed by atoms with Gasteiger partial charge in [0.2, 0.25) is 5.91 Å². The van der Waals surface area contributed by atoms with E-state index in [0.29, 0.717) is 36.0 Å². The van der Waals surface area contributed by atoms with Gasteiger partial charge in [0, 0.05) is 29.6 Å². The molecule has 0 spiro atoms. The van der Waals surface area contributed by atoms with Crippen molar-refractivity contribution in [2.45, 2.75) is 38.5 Å². The van der Waals surface area contributed by atoms with Gasteiger partial charge in [-0.1, -0.05) is 0 Å². The van der Waals surface area contributed by atoms with Gasteiger partial charge in [0.05, 0.1) is 11.5 Å². The summed E-state index contributed by atoms with van der Waals surface area (Å²) < 4.78 is 27.0. The quantitative estimate of drug-likeness (QED) is 0.751. The van der Waals surface area contributed by atoms with E-state index in [9.17, 15) is 23.2 Å². The first-order valence-corrected chi connectivity index (χ1v) is 11.2. The number of halogens is 2. The molecule has 31 heavy (non-hydrogen) atoms. The molecular formula is C22H23F2N3O3S. The number of nitrogens with two attached hydrogens (primary N) is 1. The average Bonchev–Trinajstić information content (AvgIpc) is 3.10. The van der Waals surface area contributed by atoms with E-state index >= 15 is 0 Å². The number of anilines is 1. The SMILES string of the molecule is NC(=O)c1c(NC(=O)[C@@H]2CCCN(C(=O)c3cc(F)cc(F)c3)C2)sc2c1CCCC2. The Morgan fingerprint density at radius 1 is 1.06 bits per heavy atom. The molecule has 2 heterocycles. The van der Waals surface area contributed by atoms with Crippen molar-refractivity contribution in [2.24, 2.45) is 11.7 Å². The van der Waals surface area contributed by atoms with Crippen LogP contribution in [0.2, 0.25) is 0 Å². The summed E-state index contributed by atoms with van der Waals surface area (Å²) in [5.74, 6) is -3.49. The molecule has 1 saturated heterocycles. The fourth-order valence-electron chi connectivity index (χ4n) is 4.36. The molecule has 2 aliphatic rings. The standard InChI is InChI=1S/C22H23F2N3O3S/c23-14-8-13(9-15(24)10-14)22(30)27-7-3-4-12(11-27)20(29)26-21-18(19(25)28)16-5-1-2-6-17(16)31-21/h8-10,12H,1-7,11H2,(H2,25,28)(H,26,29)/t12-/m1/s1. The number of carbonyl (C=O) groups is 3. The van der Waals surface area contributed by atoms with E-state index in [2.05, 4.69) is 5.32 Å². The maximum Gasteiger partial charge on any atom is 0.254 e. The van der Waals surface area contributed by atoms with Crippen molar-refractivity contribution >= 4 is 34.1 Å². The summed E-state index contributed by atoms with van der Waals surface area (Å²) in [6.45, 7) is 0.542. The Morgan fingerprint density at radius 2 is 1.77 bits per heavy atom. The van der Waals surface area contributed by atoms with Gasteiger partial charge < -0.3 is 16.0 Å². The highest BCUT2D eigenvalue weighted by Crippen LogP contribution is 2.38. The smallest absolute Gasteiger partial charge is 0.254 e. The molecule has 1 atom stereocenters. The number of rotatable bonds is 4. The lowest BCUT2D eigenvalue weighted by Crippen LogP contribution is -2.43. The molecule has 0 radical (unpaired) electrons. The number of aryl methyl sites for hydroxylation is 1. The maximum atomic E-state index is 13.5. The maximum absolute atomic E-state index is 13.5. The summed E-state index contributed by atoms with van der Waals surface area (Å²) in [4.78, 5) is 40.2. The topological polar surface area (TPSA) is 92.5 Å². The largest absolute Gasteiger partial charge is 0.365 e. The van der Waals surface area contributed by atoms with Crippen molar-refractivity contribution < 1.29 is 23.2 Å². The predicted molar refractivity (Wildman–Crippen MR) is 113 cm³/mol. The van der Waals surface area contributed by atoms with Gasteiger partial charge in [-0.25, -0.2) is 8.78 Å². The van der Waals surface area contributed by atoms with Crippen LogP contribution in [0.4, 0.5) is 13.8 Å². The molecule has 9 heteroatoms. The Hall–Kier alpha value is -2.81. The van der Waals surface area contributed by atoms with E-state index in [0.717, 1.165) is 48.3 Å². The summed E-state index contributed by atoms with van der Waals surface area (Å²) in [7, 11) is 0. The van der Waals surface area contributed by atoms with Crippen LogP contribution in [0, 0.1) is 17.6 Å². The fraction of sp³-hybridized carbons (Fsp3) is 0.409. The molecule has 4 rings (SSSR count). The van der Waals surface area contributed by atoms with Crippen LogP contribution in [0.5, 0.6) is 0 Å². The number of thiophene rings is 1. The van der Waals surface area contributed by atoms with Crippen LogP contribution in [-0.2, 0) is 17.6 Å². The van der Waals surface area contributed by atoms with E-state index < -0.39 is 29.4 Å². The molecule has 3 N–H and O–H groups in total. The molecule has 1 fully saturated rings. The molecule has 1 aromatic carbocycles. The third-order valence-electron chi connectivity index (χ3n) is 5.84. The number of hydrogen-bond acceptors (Lipinski definition) is 4. The number of fused-ring (bicyclic) bond motifs is 1. The molecule has 3 amide bonds. The highest BCUT2D eigenvalue weighted by atomic mass is 32.1. The third-order valence-corrected chi connectivity index (χ3v) is 7.05. The van der Waals surface area contributed by atoms with Gasteiger partial charge in [-0.3, -0.25) is 14.4 Å². The number of hydrogen-bond donors (Lipinski definition) is 2. The highest BCUT2D eigenvalue weighted by Gasteiger charge is 2.31. The zero-order chi connectivity index (χ0) is 22.1. The Morgan fingerprint density at radius 3 is 2.48 bits per heavy atom. The van der Waals surface area contributed by atoms with Gasteiger partial charge in [-0.2, -0.15) is 0 Å². The normalized spacial score (nSPS) is 18.4. The molecular weight excluding hydrogens is 424 g/mol. The first-order chi connectivity index (χ1) is 14.8. The van der Waals surface area contributed by atoms with Crippen LogP contribution in [0.3, 0.4) is 0 Å². The van der Waals surface area contributed by atoms with Gasteiger partial charge in [-0.15, -0.1) is 11.3 Å². The zero-order valence-corrected chi connectivity index (χ0v) is 17.7. The number of primary amides is 1. The van der Waals surface area contributed by atoms with Crippen molar-refractivity contribution in [3.8, 4) is 0 Å². The van der Waals surface area contributed by atoms with Crippen LogP contribution in [0.1, 0.15) is 56.8 Å². The lowest BCUT2D eigenvalue weighted by atomic mass is 9.94. The van der Waals surface area contributed by atoms with E-state index in [-0.39, 0.29) is 18.0 Å².